The van der Waals surface area contributed by atoms with Gasteiger partial charge in [-0.2, -0.15) is 0 Å². The van der Waals surface area contributed by atoms with Crippen molar-refractivity contribution >= 4 is 29.0 Å². The molecule has 0 unspecified atom stereocenters. The van der Waals surface area contributed by atoms with Crippen molar-refractivity contribution in [2.24, 2.45) is 0 Å². The summed E-state index contributed by atoms with van der Waals surface area (Å²) in [5.41, 5.74) is 0.633. The predicted octanol–water partition coefficient (Wildman–Crippen LogP) is 1.75. The van der Waals surface area contributed by atoms with Crippen molar-refractivity contribution in [3.63, 3.8) is 0 Å². The molecule has 0 aromatic heterocycles. The monoisotopic (exact) mass is 289 g/mol. The first-order valence-corrected chi connectivity index (χ1v) is 6.04. The van der Waals surface area contributed by atoms with Crippen LogP contribution in [0.4, 0.5) is 10.1 Å². The van der Waals surface area contributed by atoms with E-state index in [4.69, 9.17) is 0 Å². The molecule has 21 heavy (non-hydrogen) atoms. The van der Waals surface area contributed by atoms with Gasteiger partial charge in [0.05, 0.1) is 18.4 Å². The Labute approximate surface area is 120 Å². The number of fused-ring (bicyclic) bond motifs is 1. The lowest BCUT2D eigenvalue weighted by Gasteiger charge is -2.29. The summed E-state index contributed by atoms with van der Waals surface area (Å²) >= 11 is 0. The van der Waals surface area contributed by atoms with Crippen LogP contribution in [0.25, 0.3) is 5.57 Å². The fourth-order valence-corrected chi connectivity index (χ4v) is 2.25. The molecule has 0 saturated carbocycles. The van der Waals surface area contributed by atoms with E-state index in [1.54, 1.807) is 5.94 Å². The third-order valence-corrected chi connectivity index (χ3v) is 3.23. The maximum atomic E-state index is 13.6. The Kier molecular flexibility index (Phi) is 3.74. The van der Waals surface area contributed by atoms with Crippen molar-refractivity contribution in [3.05, 3.63) is 40.8 Å². The number of rotatable bonds is 2. The van der Waals surface area contributed by atoms with Crippen LogP contribution >= 0.6 is 0 Å². The minimum absolute atomic E-state index is 0.00880. The van der Waals surface area contributed by atoms with Gasteiger partial charge in [0.25, 0.3) is 0 Å². The molecule has 6 heteroatoms. The maximum Gasteiger partial charge on any atom is 0.354 e. The van der Waals surface area contributed by atoms with Crippen LogP contribution in [0.15, 0.2) is 23.9 Å². The molecule has 0 amide bonds. The lowest BCUT2D eigenvalue weighted by Crippen LogP contribution is -2.29. The molecule has 0 bridgehead atoms. The second-order valence-corrected chi connectivity index (χ2v) is 4.50. The molecule has 1 heterocycles. The van der Waals surface area contributed by atoms with E-state index in [2.05, 4.69) is 4.74 Å². The number of methoxy groups -OCH3 is 1. The van der Waals surface area contributed by atoms with Gasteiger partial charge in [-0.25, -0.2) is 14.0 Å². The first kappa shape index (κ1) is 14.7. The minimum atomic E-state index is -0.672. The van der Waals surface area contributed by atoms with Crippen LogP contribution < -0.4 is 4.90 Å². The van der Waals surface area contributed by atoms with Crippen LogP contribution in [-0.4, -0.2) is 31.9 Å². The van der Waals surface area contributed by atoms with E-state index in [1.807, 2.05) is 0 Å². The van der Waals surface area contributed by atoms with Gasteiger partial charge in [0.2, 0.25) is 0 Å². The van der Waals surface area contributed by atoms with E-state index in [9.17, 15) is 18.8 Å². The second kappa shape index (κ2) is 5.34. The topological polar surface area (TPSA) is 63.7 Å². The molecular formula is C15H12FNO4. The number of hydrogen-bond donors (Lipinski definition) is 0. The van der Waals surface area contributed by atoms with Crippen molar-refractivity contribution in [3.8, 4) is 0 Å². The second-order valence-electron chi connectivity index (χ2n) is 4.50. The Hall–Kier alpha value is -2.72. The molecule has 1 aliphatic rings. The average molecular weight is 289 g/mol. The van der Waals surface area contributed by atoms with Crippen molar-refractivity contribution in [2.75, 3.05) is 19.1 Å². The van der Waals surface area contributed by atoms with Gasteiger partial charge in [0.15, 0.2) is 5.78 Å². The number of carbonyl (C=O) groups is 2. The Balaban J connectivity index is 2.80. The van der Waals surface area contributed by atoms with Crippen LogP contribution in [0.1, 0.15) is 22.8 Å². The number of nitrogens with zero attached hydrogens (tertiary/aromatic N) is 1. The quantitative estimate of drug-likeness (QED) is 0.471. The number of anilines is 1. The summed E-state index contributed by atoms with van der Waals surface area (Å²) in [6.07, 6.45) is 1.25. The number of hydrogen-bond acceptors (Lipinski definition) is 5. The lowest BCUT2D eigenvalue weighted by molar-refractivity contribution is -0.136. The lowest BCUT2D eigenvalue weighted by atomic mass is 9.93. The summed E-state index contributed by atoms with van der Waals surface area (Å²) in [6, 6.07) is 2.20. The molecular weight excluding hydrogens is 277 g/mol. The van der Waals surface area contributed by atoms with Gasteiger partial charge in [-0.05, 0) is 25.1 Å². The van der Waals surface area contributed by atoms with Crippen LogP contribution in [0.3, 0.4) is 0 Å². The fraction of sp³-hybridized carbons (Fsp3) is 0.200. The molecule has 0 atom stereocenters. The van der Waals surface area contributed by atoms with Gasteiger partial charge < -0.3 is 9.64 Å². The summed E-state index contributed by atoms with van der Waals surface area (Å²) in [4.78, 5) is 36.0. The van der Waals surface area contributed by atoms with Gasteiger partial charge in [0, 0.05) is 18.2 Å². The Morgan fingerprint density at radius 1 is 1.33 bits per heavy atom. The first-order chi connectivity index (χ1) is 9.90. The summed E-state index contributed by atoms with van der Waals surface area (Å²) in [6.45, 7) is 1.28. The standard InChI is InChI=1S/C15H12FNO4/c1-8(19)11-5-10(16)6-12-9(7-18)4-13(15(20)21-3)17(2)14(11)12/h4-6H,1-3H3. The molecule has 108 valence electrons. The number of ketones is 1. The van der Waals surface area contributed by atoms with E-state index < -0.39 is 11.8 Å². The van der Waals surface area contributed by atoms with E-state index in [0.29, 0.717) is 0 Å². The van der Waals surface area contributed by atoms with E-state index in [0.717, 1.165) is 12.1 Å². The maximum absolute atomic E-state index is 13.6. The molecule has 2 rings (SSSR count). The molecule has 0 aliphatic carbocycles. The zero-order valence-electron chi connectivity index (χ0n) is 11.7. The van der Waals surface area contributed by atoms with Crippen molar-refractivity contribution in [1.82, 2.24) is 0 Å². The van der Waals surface area contributed by atoms with Gasteiger partial charge in [-0.3, -0.25) is 4.79 Å². The van der Waals surface area contributed by atoms with Crippen LogP contribution in [-0.2, 0) is 14.3 Å². The van der Waals surface area contributed by atoms with Crippen LogP contribution in [0.2, 0.25) is 0 Å². The molecule has 1 aromatic rings. The fourth-order valence-electron chi connectivity index (χ4n) is 2.25. The molecule has 1 aromatic carbocycles. The molecule has 0 fully saturated rings. The minimum Gasteiger partial charge on any atom is -0.464 e. The van der Waals surface area contributed by atoms with Gasteiger partial charge in [0.1, 0.15) is 17.5 Å². The smallest absolute Gasteiger partial charge is 0.354 e. The van der Waals surface area contributed by atoms with E-state index >= 15 is 0 Å². The largest absolute Gasteiger partial charge is 0.464 e. The number of carbonyl (C=O) groups excluding carboxylic acids is 3. The van der Waals surface area contributed by atoms with Crippen molar-refractivity contribution in [1.29, 1.82) is 0 Å². The Morgan fingerprint density at radius 3 is 2.52 bits per heavy atom. The van der Waals surface area contributed by atoms with Gasteiger partial charge in [-0.1, -0.05) is 0 Å². The molecule has 1 aliphatic heterocycles. The highest BCUT2D eigenvalue weighted by molar-refractivity contribution is 6.11. The number of likely N-dealkylation sites (N-methyl/N-ethyl adjacent to an activating group) is 1. The van der Waals surface area contributed by atoms with E-state index in [-0.39, 0.29) is 33.9 Å². The molecule has 0 saturated heterocycles. The molecule has 0 spiro atoms. The normalized spacial score (nSPS) is 13.2. The zero-order valence-corrected chi connectivity index (χ0v) is 11.7. The van der Waals surface area contributed by atoms with E-state index in [1.165, 1.54) is 32.1 Å². The molecule has 0 radical (unpaired) electrons. The summed E-state index contributed by atoms with van der Waals surface area (Å²) in [5.74, 6) is -0.0348. The van der Waals surface area contributed by atoms with Crippen LogP contribution in [0, 0.1) is 5.82 Å². The SMILES string of the molecule is COC(=O)C1=CC(=C=O)c2cc(F)cc(C(C)=O)c2N1C. The third-order valence-electron chi connectivity index (χ3n) is 3.23. The number of ether oxygens (including phenoxy) is 1. The average Bonchev–Trinajstić information content (AvgIpc) is 2.45. The highest BCUT2D eigenvalue weighted by Gasteiger charge is 2.29. The summed E-state index contributed by atoms with van der Waals surface area (Å²) in [5, 5.41) is 0. The highest BCUT2D eigenvalue weighted by atomic mass is 19.1. The summed E-state index contributed by atoms with van der Waals surface area (Å²) < 4.78 is 18.3. The number of halogens is 1. The van der Waals surface area contributed by atoms with Crippen molar-refractivity contribution in [2.45, 2.75) is 6.92 Å². The first-order valence-electron chi connectivity index (χ1n) is 6.04. The third kappa shape index (κ3) is 2.37. The molecule has 5 nitrogen and oxygen atoms in total. The summed E-state index contributed by atoms with van der Waals surface area (Å²) in [7, 11) is 2.74. The highest BCUT2D eigenvalue weighted by Crippen LogP contribution is 2.38. The van der Waals surface area contributed by atoms with Crippen molar-refractivity contribution < 1.29 is 23.5 Å². The predicted molar refractivity (Wildman–Crippen MR) is 74.0 cm³/mol. The number of Topliss-reactive ketones (excluding diaryl/α,β-unsaturated/α-hetero) is 1. The van der Waals surface area contributed by atoms with Crippen LogP contribution in [0.5, 0.6) is 0 Å². The zero-order chi connectivity index (χ0) is 15.7. The van der Waals surface area contributed by atoms with Gasteiger partial charge >= 0.3 is 5.97 Å². The number of allylic oxidation sites excluding steroid dienone is 2. The Bertz CT molecular complexity index is 729. The number of benzene rings is 1. The van der Waals surface area contributed by atoms with Gasteiger partial charge in [-0.15, -0.1) is 0 Å². The number of esters is 1. The molecule has 0 N–H and O–H groups in total. The Morgan fingerprint density at radius 2 is 2.00 bits per heavy atom.